The van der Waals surface area contributed by atoms with Crippen LogP contribution in [0.25, 0.3) is 0 Å². The van der Waals surface area contributed by atoms with E-state index in [0.29, 0.717) is 111 Å². The zero-order valence-corrected chi connectivity index (χ0v) is 30.0. The van der Waals surface area contributed by atoms with E-state index < -0.39 is 23.9 Å². The zero-order valence-electron chi connectivity index (χ0n) is 30.0. The largest absolute Gasteiger partial charge is 0.392 e. The second kappa shape index (κ2) is 31.0. The van der Waals surface area contributed by atoms with Gasteiger partial charge in [-0.1, -0.05) is 26.0 Å². The van der Waals surface area contributed by atoms with Gasteiger partial charge in [0.1, 0.15) is 12.1 Å². The fraction of sp³-hybridized carbons (Fsp3) is 0.735. The molecule has 0 saturated heterocycles. The highest BCUT2D eigenvalue weighted by Crippen LogP contribution is 2.10. The standard InChI is InChI=1S/C34H60N4O12/c1-27(2)32(34(42)36-28(3)33(41)37-30-6-4-29(26-39)5-7-30)38-31(40)8-10-43-12-14-45-16-18-47-20-22-49-24-25-50-23-21-48-19-17-46-15-13-44-11-9-35/h4-7,27-28,32,39H,8-26,35H2,1-3H3,(H,36,42)(H,37,41)(H,38,40)/t28-,32-/m0/s1. The molecule has 50 heavy (non-hydrogen) atoms. The summed E-state index contributed by atoms with van der Waals surface area (Å²) in [6.07, 6.45) is 0.0702. The Labute approximate surface area is 296 Å². The van der Waals surface area contributed by atoms with E-state index in [9.17, 15) is 14.4 Å². The Bertz CT molecular complexity index is 1000. The molecule has 1 aromatic carbocycles. The van der Waals surface area contributed by atoms with Crippen molar-refractivity contribution in [1.82, 2.24) is 10.6 Å². The lowest BCUT2D eigenvalue weighted by atomic mass is 10.0. The summed E-state index contributed by atoms with van der Waals surface area (Å²) < 4.78 is 43.3. The third-order valence-corrected chi connectivity index (χ3v) is 6.76. The summed E-state index contributed by atoms with van der Waals surface area (Å²) in [5, 5.41) is 17.2. The van der Waals surface area contributed by atoms with Crippen molar-refractivity contribution in [3.05, 3.63) is 29.8 Å². The number of amides is 3. The van der Waals surface area contributed by atoms with Crippen LogP contribution >= 0.6 is 0 Å². The lowest BCUT2D eigenvalue weighted by Gasteiger charge is -2.24. The minimum absolute atomic E-state index is 0.0702. The average molecular weight is 717 g/mol. The summed E-state index contributed by atoms with van der Waals surface area (Å²) in [6, 6.07) is 5.07. The lowest BCUT2D eigenvalue weighted by Crippen LogP contribution is -2.53. The van der Waals surface area contributed by atoms with Gasteiger partial charge >= 0.3 is 0 Å². The van der Waals surface area contributed by atoms with Gasteiger partial charge in [0.2, 0.25) is 17.7 Å². The van der Waals surface area contributed by atoms with Crippen molar-refractivity contribution < 1.29 is 57.4 Å². The van der Waals surface area contributed by atoms with Crippen LogP contribution in [0.3, 0.4) is 0 Å². The van der Waals surface area contributed by atoms with E-state index in [2.05, 4.69) is 16.0 Å². The van der Waals surface area contributed by atoms with Gasteiger partial charge in [-0.3, -0.25) is 14.4 Å². The molecule has 0 aliphatic carbocycles. The van der Waals surface area contributed by atoms with Gasteiger partial charge in [0, 0.05) is 18.7 Å². The van der Waals surface area contributed by atoms with Crippen LogP contribution in [-0.2, 0) is 58.9 Å². The van der Waals surface area contributed by atoms with Crippen LogP contribution < -0.4 is 21.7 Å². The summed E-state index contributed by atoms with van der Waals surface area (Å²) in [5.74, 6) is -1.41. The summed E-state index contributed by atoms with van der Waals surface area (Å²) in [6.45, 7) is 12.6. The Morgan fingerprint density at radius 1 is 0.600 bits per heavy atom. The Hall–Kier alpha value is -2.77. The molecule has 16 nitrogen and oxygen atoms in total. The van der Waals surface area contributed by atoms with Crippen LogP contribution in [0.4, 0.5) is 5.69 Å². The van der Waals surface area contributed by atoms with Crippen LogP contribution in [0.2, 0.25) is 0 Å². The molecule has 1 rings (SSSR count). The van der Waals surface area contributed by atoms with Crippen molar-refractivity contribution in [3.8, 4) is 0 Å². The first-order valence-corrected chi connectivity index (χ1v) is 17.2. The number of ether oxygens (including phenoxy) is 8. The Kier molecular flexibility index (Phi) is 28.1. The van der Waals surface area contributed by atoms with Gasteiger partial charge in [-0.05, 0) is 30.5 Å². The number of aliphatic hydroxyl groups excluding tert-OH is 1. The normalized spacial score (nSPS) is 12.5. The summed E-state index contributed by atoms with van der Waals surface area (Å²) in [5.41, 5.74) is 6.59. The number of hydrogen-bond acceptors (Lipinski definition) is 13. The molecule has 0 heterocycles. The minimum atomic E-state index is -0.835. The number of rotatable bonds is 33. The molecular formula is C34H60N4O12. The van der Waals surface area contributed by atoms with E-state index >= 15 is 0 Å². The molecular weight excluding hydrogens is 656 g/mol. The maximum atomic E-state index is 12.8. The first-order chi connectivity index (χ1) is 24.3. The summed E-state index contributed by atoms with van der Waals surface area (Å²) in [7, 11) is 0. The van der Waals surface area contributed by atoms with Crippen molar-refractivity contribution in [3.63, 3.8) is 0 Å². The van der Waals surface area contributed by atoms with Gasteiger partial charge in [-0.25, -0.2) is 0 Å². The van der Waals surface area contributed by atoms with E-state index in [0.717, 1.165) is 5.56 Å². The highest BCUT2D eigenvalue weighted by atomic mass is 16.6. The molecule has 0 aliphatic heterocycles. The molecule has 0 unspecified atom stereocenters. The first-order valence-electron chi connectivity index (χ1n) is 17.2. The number of hydrogen-bond donors (Lipinski definition) is 5. The predicted molar refractivity (Wildman–Crippen MR) is 186 cm³/mol. The van der Waals surface area contributed by atoms with Gasteiger partial charge in [0.25, 0.3) is 0 Å². The molecule has 288 valence electrons. The fourth-order valence-electron chi connectivity index (χ4n) is 3.98. The summed E-state index contributed by atoms with van der Waals surface area (Å²) in [4.78, 5) is 37.8. The number of benzene rings is 1. The Balaban J connectivity index is 1.97. The predicted octanol–water partition coefficient (Wildman–Crippen LogP) is 0.245. The number of carbonyl (C=O) groups is 3. The van der Waals surface area contributed by atoms with Crippen LogP contribution in [0.1, 0.15) is 32.8 Å². The molecule has 16 heteroatoms. The molecule has 0 spiro atoms. The monoisotopic (exact) mass is 716 g/mol. The summed E-state index contributed by atoms with van der Waals surface area (Å²) >= 11 is 0. The molecule has 3 amide bonds. The maximum Gasteiger partial charge on any atom is 0.246 e. The van der Waals surface area contributed by atoms with Crippen LogP contribution in [0.15, 0.2) is 24.3 Å². The van der Waals surface area contributed by atoms with Crippen molar-refractivity contribution in [2.45, 2.75) is 45.9 Å². The van der Waals surface area contributed by atoms with E-state index in [1.54, 1.807) is 45.0 Å². The quantitative estimate of drug-likeness (QED) is 0.0619. The minimum Gasteiger partial charge on any atom is -0.392 e. The first kappa shape index (κ1) is 45.3. The number of nitrogens with one attached hydrogen (secondary N) is 3. The van der Waals surface area contributed by atoms with Crippen LogP contribution in [0.5, 0.6) is 0 Å². The smallest absolute Gasteiger partial charge is 0.246 e. The maximum absolute atomic E-state index is 12.8. The highest BCUT2D eigenvalue weighted by Gasteiger charge is 2.27. The van der Waals surface area contributed by atoms with Gasteiger partial charge in [0.15, 0.2) is 0 Å². The fourth-order valence-corrected chi connectivity index (χ4v) is 3.98. The number of nitrogens with two attached hydrogens (primary N) is 1. The molecule has 1 aromatic rings. The number of aliphatic hydroxyl groups is 1. The topological polar surface area (TPSA) is 207 Å². The SMILES string of the molecule is CC(C)[C@H](NC(=O)CCOCCOCCOCCOCCOCCOCCOCCOCCN)C(=O)N[C@@H](C)C(=O)Nc1ccc(CO)cc1. The molecule has 2 atom stereocenters. The van der Waals surface area contributed by atoms with Gasteiger partial charge in [-0.2, -0.15) is 0 Å². The molecule has 0 fully saturated rings. The van der Waals surface area contributed by atoms with Crippen molar-refractivity contribution >= 4 is 23.4 Å². The van der Waals surface area contributed by atoms with E-state index in [1.165, 1.54) is 0 Å². The molecule has 0 radical (unpaired) electrons. The van der Waals surface area contributed by atoms with Crippen molar-refractivity contribution in [2.75, 3.05) is 118 Å². The van der Waals surface area contributed by atoms with E-state index in [4.69, 9.17) is 48.7 Å². The van der Waals surface area contributed by atoms with E-state index in [1.807, 2.05) is 0 Å². The van der Waals surface area contributed by atoms with Crippen LogP contribution in [0, 0.1) is 5.92 Å². The zero-order chi connectivity index (χ0) is 36.7. The van der Waals surface area contributed by atoms with Gasteiger partial charge < -0.3 is 64.7 Å². The number of anilines is 1. The third-order valence-electron chi connectivity index (χ3n) is 6.76. The molecule has 0 saturated carbocycles. The van der Waals surface area contributed by atoms with Gasteiger partial charge in [-0.15, -0.1) is 0 Å². The molecule has 0 bridgehead atoms. The number of carbonyl (C=O) groups excluding carboxylic acids is 3. The van der Waals surface area contributed by atoms with Crippen molar-refractivity contribution in [1.29, 1.82) is 0 Å². The lowest BCUT2D eigenvalue weighted by molar-refractivity contribution is -0.132. The average Bonchev–Trinajstić information content (AvgIpc) is 3.10. The Morgan fingerprint density at radius 2 is 1.00 bits per heavy atom. The van der Waals surface area contributed by atoms with Crippen LogP contribution in [-0.4, -0.2) is 147 Å². The third kappa shape index (κ3) is 24.4. The second-order valence-corrected chi connectivity index (χ2v) is 11.3. The molecule has 0 aromatic heterocycles. The molecule has 6 N–H and O–H groups in total. The molecule has 0 aliphatic rings. The van der Waals surface area contributed by atoms with Gasteiger partial charge in [0.05, 0.1) is 112 Å². The van der Waals surface area contributed by atoms with E-state index in [-0.39, 0.29) is 31.5 Å². The second-order valence-electron chi connectivity index (χ2n) is 11.3. The Morgan fingerprint density at radius 3 is 1.38 bits per heavy atom. The highest BCUT2D eigenvalue weighted by molar-refractivity contribution is 5.98. The van der Waals surface area contributed by atoms with Crippen molar-refractivity contribution in [2.24, 2.45) is 11.7 Å².